The average molecular weight is 294 g/mol. The summed E-state index contributed by atoms with van der Waals surface area (Å²) in [5.41, 5.74) is 1.35. The number of nitrogens with one attached hydrogen (secondary N) is 1. The highest BCUT2D eigenvalue weighted by Crippen LogP contribution is 2.19. The largest absolute Gasteiger partial charge is 0.464 e. The first-order valence-electron chi connectivity index (χ1n) is 7.97. The maximum Gasteiger partial charge on any atom is 0.130 e. The van der Waals surface area contributed by atoms with E-state index >= 15 is 0 Å². The normalized spacial score (nSPS) is 18.3. The molecule has 0 spiro atoms. The van der Waals surface area contributed by atoms with E-state index in [9.17, 15) is 0 Å². The van der Waals surface area contributed by atoms with Crippen LogP contribution in [-0.2, 0) is 17.9 Å². The Labute approximate surface area is 128 Å². The highest BCUT2D eigenvalue weighted by molar-refractivity contribution is 5.20. The molecule has 4 heteroatoms. The molecule has 1 saturated heterocycles. The van der Waals surface area contributed by atoms with E-state index in [1.807, 2.05) is 6.92 Å². The van der Waals surface area contributed by atoms with Crippen LogP contribution >= 0.6 is 0 Å². The zero-order valence-electron chi connectivity index (χ0n) is 14.2. The maximum atomic E-state index is 5.99. The molecule has 0 aromatic carbocycles. The molecule has 1 N–H and O–H groups in total. The van der Waals surface area contributed by atoms with Crippen LogP contribution in [0.1, 0.15) is 50.7 Å². The molecule has 1 fully saturated rings. The van der Waals surface area contributed by atoms with Gasteiger partial charge in [0.15, 0.2) is 0 Å². The van der Waals surface area contributed by atoms with Crippen molar-refractivity contribution in [3.8, 4) is 0 Å². The second-order valence-corrected chi connectivity index (χ2v) is 7.21. The van der Waals surface area contributed by atoms with E-state index in [0.29, 0.717) is 12.7 Å². The van der Waals surface area contributed by atoms with E-state index in [0.717, 1.165) is 44.0 Å². The van der Waals surface area contributed by atoms with Gasteiger partial charge in [-0.3, -0.25) is 0 Å². The van der Waals surface area contributed by atoms with E-state index in [2.05, 4.69) is 44.1 Å². The van der Waals surface area contributed by atoms with Crippen LogP contribution in [-0.4, -0.2) is 36.7 Å². The lowest BCUT2D eigenvalue weighted by Crippen LogP contribution is -2.35. The van der Waals surface area contributed by atoms with Gasteiger partial charge in [0.1, 0.15) is 18.1 Å². The van der Waals surface area contributed by atoms with Gasteiger partial charge >= 0.3 is 0 Å². The molecular weight excluding hydrogens is 264 g/mol. The Morgan fingerprint density at radius 1 is 1.33 bits per heavy atom. The van der Waals surface area contributed by atoms with Gasteiger partial charge in [-0.2, -0.15) is 0 Å². The van der Waals surface area contributed by atoms with Crippen molar-refractivity contribution in [3.05, 3.63) is 23.2 Å². The van der Waals surface area contributed by atoms with Crippen molar-refractivity contribution in [2.45, 2.75) is 65.3 Å². The lowest BCUT2D eigenvalue weighted by molar-refractivity contribution is -0.00500. The second-order valence-electron chi connectivity index (χ2n) is 7.21. The molecule has 120 valence electrons. The smallest absolute Gasteiger partial charge is 0.130 e. The quantitative estimate of drug-likeness (QED) is 0.905. The molecule has 0 atom stereocenters. The summed E-state index contributed by atoms with van der Waals surface area (Å²) in [4.78, 5) is 2.35. The number of piperidine rings is 1. The molecule has 1 aromatic rings. The summed E-state index contributed by atoms with van der Waals surface area (Å²) in [5.74, 6) is 1.94. The molecule has 0 radical (unpaired) electrons. The van der Waals surface area contributed by atoms with Gasteiger partial charge in [-0.25, -0.2) is 0 Å². The third-order valence-corrected chi connectivity index (χ3v) is 4.01. The number of likely N-dealkylation sites (tertiary alicyclic amines) is 1. The standard InChI is InChI=1S/C17H30N2O2/c1-13-14(11-18-17(2,3)4)10-16(21-13)12-20-15-6-8-19(5)9-7-15/h10,15,18H,6-9,11-12H2,1-5H3. The molecule has 0 unspecified atom stereocenters. The molecule has 1 aliphatic heterocycles. The summed E-state index contributed by atoms with van der Waals surface area (Å²) in [7, 11) is 2.17. The van der Waals surface area contributed by atoms with Crippen LogP contribution in [0.25, 0.3) is 0 Å². The van der Waals surface area contributed by atoms with Crippen LogP contribution in [0.2, 0.25) is 0 Å². The topological polar surface area (TPSA) is 37.6 Å². The van der Waals surface area contributed by atoms with Crippen molar-refractivity contribution in [1.82, 2.24) is 10.2 Å². The first kappa shape index (κ1) is 16.5. The minimum Gasteiger partial charge on any atom is -0.464 e. The van der Waals surface area contributed by atoms with Gasteiger partial charge in [0.05, 0.1) is 6.10 Å². The maximum absolute atomic E-state index is 5.99. The molecule has 0 amide bonds. The molecule has 1 aliphatic rings. The van der Waals surface area contributed by atoms with E-state index in [4.69, 9.17) is 9.15 Å². The highest BCUT2D eigenvalue weighted by Gasteiger charge is 2.18. The summed E-state index contributed by atoms with van der Waals surface area (Å²) in [6.07, 6.45) is 2.62. The number of ether oxygens (including phenoxy) is 1. The summed E-state index contributed by atoms with van der Waals surface area (Å²) < 4.78 is 11.8. The van der Waals surface area contributed by atoms with Gasteiger partial charge in [-0.05, 0) is 53.7 Å². The third-order valence-electron chi connectivity index (χ3n) is 4.01. The van der Waals surface area contributed by atoms with Crippen LogP contribution in [0.5, 0.6) is 0 Å². The Hall–Kier alpha value is -0.840. The van der Waals surface area contributed by atoms with Crippen molar-refractivity contribution in [3.63, 3.8) is 0 Å². The molecule has 1 aromatic heterocycles. The first-order valence-corrected chi connectivity index (χ1v) is 7.97. The van der Waals surface area contributed by atoms with Crippen molar-refractivity contribution in [2.24, 2.45) is 0 Å². The Bertz CT molecular complexity index is 440. The third kappa shape index (κ3) is 5.46. The van der Waals surface area contributed by atoms with Crippen LogP contribution in [0.3, 0.4) is 0 Å². The Balaban J connectivity index is 1.81. The van der Waals surface area contributed by atoms with Crippen LogP contribution < -0.4 is 5.32 Å². The van der Waals surface area contributed by atoms with E-state index in [-0.39, 0.29) is 5.54 Å². The number of rotatable bonds is 5. The zero-order chi connectivity index (χ0) is 15.5. The van der Waals surface area contributed by atoms with Crippen molar-refractivity contribution in [2.75, 3.05) is 20.1 Å². The highest BCUT2D eigenvalue weighted by atomic mass is 16.5. The molecule has 4 nitrogen and oxygen atoms in total. The predicted molar refractivity (Wildman–Crippen MR) is 85.3 cm³/mol. The van der Waals surface area contributed by atoms with E-state index in [1.54, 1.807) is 0 Å². The molecule has 2 rings (SSSR count). The summed E-state index contributed by atoms with van der Waals surface area (Å²) in [5, 5.41) is 3.50. The lowest BCUT2D eigenvalue weighted by atomic mass is 10.1. The molecule has 0 saturated carbocycles. The predicted octanol–water partition coefficient (Wildman–Crippen LogP) is 3.09. The summed E-state index contributed by atoms with van der Waals surface area (Å²) in [6.45, 7) is 12.2. The number of aryl methyl sites for hydroxylation is 1. The minimum absolute atomic E-state index is 0.120. The van der Waals surface area contributed by atoms with Crippen molar-refractivity contribution >= 4 is 0 Å². The monoisotopic (exact) mass is 294 g/mol. The molecule has 0 aliphatic carbocycles. The van der Waals surface area contributed by atoms with Crippen LogP contribution in [0.4, 0.5) is 0 Å². The van der Waals surface area contributed by atoms with Crippen LogP contribution in [0, 0.1) is 6.92 Å². The molecule has 21 heavy (non-hydrogen) atoms. The fourth-order valence-electron chi connectivity index (χ4n) is 2.55. The second kappa shape index (κ2) is 6.95. The molecule has 2 heterocycles. The lowest BCUT2D eigenvalue weighted by Gasteiger charge is -2.28. The van der Waals surface area contributed by atoms with Crippen molar-refractivity contribution < 1.29 is 9.15 Å². The van der Waals surface area contributed by atoms with Crippen molar-refractivity contribution in [1.29, 1.82) is 0 Å². The van der Waals surface area contributed by atoms with Gasteiger partial charge in [0.2, 0.25) is 0 Å². The van der Waals surface area contributed by atoms with Gasteiger partial charge < -0.3 is 19.4 Å². The Morgan fingerprint density at radius 2 is 2.00 bits per heavy atom. The SMILES string of the molecule is Cc1oc(COC2CCN(C)CC2)cc1CNC(C)(C)C. The summed E-state index contributed by atoms with van der Waals surface area (Å²) >= 11 is 0. The van der Waals surface area contributed by atoms with Gasteiger partial charge in [-0.15, -0.1) is 0 Å². The first-order chi connectivity index (χ1) is 9.83. The number of nitrogens with zero attached hydrogens (tertiary/aromatic N) is 1. The minimum atomic E-state index is 0.120. The summed E-state index contributed by atoms with van der Waals surface area (Å²) in [6, 6.07) is 2.13. The van der Waals surface area contributed by atoms with Gasteiger partial charge in [-0.1, -0.05) is 0 Å². The number of furan rings is 1. The fourth-order valence-corrected chi connectivity index (χ4v) is 2.55. The van der Waals surface area contributed by atoms with Gasteiger partial charge in [0, 0.05) is 30.7 Å². The average Bonchev–Trinajstić information content (AvgIpc) is 2.76. The number of hydrogen-bond acceptors (Lipinski definition) is 4. The van der Waals surface area contributed by atoms with Crippen LogP contribution in [0.15, 0.2) is 10.5 Å². The fraction of sp³-hybridized carbons (Fsp3) is 0.765. The molecule has 0 bridgehead atoms. The zero-order valence-corrected chi connectivity index (χ0v) is 14.2. The van der Waals surface area contributed by atoms with E-state index in [1.165, 1.54) is 5.56 Å². The Morgan fingerprint density at radius 3 is 2.62 bits per heavy atom. The molecular formula is C17H30N2O2. The van der Waals surface area contributed by atoms with E-state index < -0.39 is 0 Å². The Kier molecular flexibility index (Phi) is 5.47. The van der Waals surface area contributed by atoms with Gasteiger partial charge in [0.25, 0.3) is 0 Å². The number of hydrogen-bond donors (Lipinski definition) is 1.